The van der Waals surface area contributed by atoms with Gasteiger partial charge in [0, 0.05) is 42.3 Å². The number of nitrogens with two attached hydrogens (primary N) is 1. The first kappa shape index (κ1) is 20.7. The van der Waals surface area contributed by atoms with Crippen molar-refractivity contribution < 1.29 is 19.2 Å². The maximum Gasteiger partial charge on any atom is 0.341 e. The SMILES string of the molecule is CCN(CC)c1ccc(NC(=O)COC(=O)c2cc([N+](=O)[O-])ccc2N)cc1. The summed E-state index contributed by atoms with van der Waals surface area (Å²) in [6.07, 6.45) is 0. The molecule has 0 fully saturated rings. The topological polar surface area (TPSA) is 128 Å². The molecule has 1 amide bonds. The van der Waals surface area contributed by atoms with Crippen LogP contribution in [0, 0.1) is 10.1 Å². The van der Waals surface area contributed by atoms with Crippen LogP contribution in [-0.4, -0.2) is 36.5 Å². The van der Waals surface area contributed by atoms with E-state index in [-0.39, 0.29) is 16.9 Å². The van der Waals surface area contributed by atoms with E-state index in [1.807, 2.05) is 12.1 Å². The van der Waals surface area contributed by atoms with Crippen LogP contribution in [0.4, 0.5) is 22.7 Å². The van der Waals surface area contributed by atoms with E-state index in [0.717, 1.165) is 24.8 Å². The van der Waals surface area contributed by atoms with Crippen molar-refractivity contribution in [3.63, 3.8) is 0 Å². The van der Waals surface area contributed by atoms with E-state index in [4.69, 9.17) is 10.5 Å². The van der Waals surface area contributed by atoms with Crippen LogP contribution in [-0.2, 0) is 9.53 Å². The summed E-state index contributed by atoms with van der Waals surface area (Å²) in [5, 5.41) is 13.4. The minimum Gasteiger partial charge on any atom is -0.452 e. The van der Waals surface area contributed by atoms with E-state index in [1.165, 1.54) is 12.1 Å². The van der Waals surface area contributed by atoms with Crippen LogP contribution in [0.25, 0.3) is 0 Å². The van der Waals surface area contributed by atoms with Gasteiger partial charge in [-0.25, -0.2) is 4.79 Å². The average molecular weight is 386 g/mol. The smallest absolute Gasteiger partial charge is 0.341 e. The van der Waals surface area contributed by atoms with Gasteiger partial charge in [-0.1, -0.05) is 0 Å². The molecule has 2 aromatic rings. The van der Waals surface area contributed by atoms with Crippen LogP contribution >= 0.6 is 0 Å². The zero-order valence-corrected chi connectivity index (χ0v) is 15.7. The Morgan fingerprint density at radius 1 is 1.14 bits per heavy atom. The number of carbonyl (C=O) groups is 2. The lowest BCUT2D eigenvalue weighted by Crippen LogP contribution is -2.22. The Morgan fingerprint density at radius 2 is 1.79 bits per heavy atom. The lowest BCUT2D eigenvalue weighted by Gasteiger charge is -2.21. The summed E-state index contributed by atoms with van der Waals surface area (Å²) in [5.74, 6) is -1.44. The summed E-state index contributed by atoms with van der Waals surface area (Å²) in [5.41, 5.74) is 6.83. The molecule has 148 valence electrons. The van der Waals surface area contributed by atoms with Gasteiger partial charge in [-0.05, 0) is 44.2 Å². The molecule has 3 N–H and O–H groups in total. The summed E-state index contributed by atoms with van der Waals surface area (Å²) < 4.78 is 4.91. The zero-order valence-electron chi connectivity index (χ0n) is 15.7. The van der Waals surface area contributed by atoms with E-state index in [1.54, 1.807) is 12.1 Å². The lowest BCUT2D eigenvalue weighted by atomic mass is 10.1. The van der Waals surface area contributed by atoms with E-state index >= 15 is 0 Å². The van der Waals surface area contributed by atoms with Crippen molar-refractivity contribution in [1.82, 2.24) is 0 Å². The van der Waals surface area contributed by atoms with E-state index in [9.17, 15) is 19.7 Å². The van der Waals surface area contributed by atoms with Crippen molar-refractivity contribution in [2.24, 2.45) is 0 Å². The number of ether oxygens (including phenoxy) is 1. The van der Waals surface area contributed by atoms with E-state index in [0.29, 0.717) is 5.69 Å². The molecule has 2 rings (SSSR count). The first-order valence-electron chi connectivity index (χ1n) is 8.71. The number of rotatable bonds is 8. The fourth-order valence-electron chi connectivity index (χ4n) is 2.58. The van der Waals surface area contributed by atoms with Crippen molar-refractivity contribution in [2.75, 3.05) is 35.6 Å². The summed E-state index contributed by atoms with van der Waals surface area (Å²) in [6, 6.07) is 10.7. The van der Waals surface area contributed by atoms with Gasteiger partial charge < -0.3 is 20.7 Å². The van der Waals surface area contributed by atoms with Crippen molar-refractivity contribution in [1.29, 1.82) is 0 Å². The van der Waals surface area contributed by atoms with Crippen LogP contribution in [0.1, 0.15) is 24.2 Å². The normalized spacial score (nSPS) is 10.2. The molecular weight excluding hydrogens is 364 g/mol. The van der Waals surface area contributed by atoms with E-state index < -0.39 is 23.4 Å². The highest BCUT2D eigenvalue weighted by Gasteiger charge is 2.17. The van der Waals surface area contributed by atoms with Crippen LogP contribution in [0.15, 0.2) is 42.5 Å². The monoisotopic (exact) mass is 386 g/mol. The molecule has 2 aromatic carbocycles. The molecule has 9 heteroatoms. The number of nitrogens with zero attached hydrogens (tertiary/aromatic N) is 2. The quantitative estimate of drug-likeness (QED) is 0.309. The van der Waals surface area contributed by atoms with Gasteiger partial charge in [-0.2, -0.15) is 0 Å². The van der Waals surface area contributed by atoms with Gasteiger partial charge in [0.25, 0.3) is 11.6 Å². The van der Waals surface area contributed by atoms with Crippen molar-refractivity contribution in [2.45, 2.75) is 13.8 Å². The van der Waals surface area contributed by atoms with Gasteiger partial charge in [0.2, 0.25) is 0 Å². The van der Waals surface area contributed by atoms with Gasteiger partial charge in [0.1, 0.15) is 0 Å². The summed E-state index contributed by atoms with van der Waals surface area (Å²) >= 11 is 0. The van der Waals surface area contributed by atoms with Crippen LogP contribution in [0.5, 0.6) is 0 Å². The fraction of sp³-hybridized carbons (Fsp3) is 0.263. The summed E-state index contributed by atoms with van der Waals surface area (Å²) in [4.78, 5) is 36.4. The maximum absolute atomic E-state index is 12.1. The Morgan fingerprint density at radius 3 is 2.36 bits per heavy atom. The van der Waals surface area contributed by atoms with Crippen LogP contribution < -0.4 is 16.0 Å². The number of hydrogen-bond acceptors (Lipinski definition) is 7. The van der Waals surface area contributed by atoms with Crippen molar-refractivity contribution in [3.8, 4) is 0 Å². The number of nitro benzene ring substituents is 1. The van der Waals surface area contributed by atoms with Gasteiger partial charge >= 0.3 is 5.97 Å². The molecule has 0 spiro atoms. The molecular formula is C19H22N4O5. The first-order chi connectivity index (χ1) is 13.3. The predicted octanol–water partition coefficient (Wildman–Crippen LogP) is 2.82. The molecule has 0 atom stereocenters. The number of anilines is 3. The molecule has 0 heterocycles. The maximum atomic E-state index is 12.1. The lowest BCUT2D eigenvalue weighted by molar-refractivity contribution is -0.384. The van der Waals surface area contributed by atoms with Gasteiger partial charge in [0.15, 0.2) is 6.61 Å². The second-order valence-corrected chi connectivity index (χ2v) is 5.87. The molecule has 0 aliphatic heterocycles. The molecule has 0 bridgehead atoms. The summed E-state index contributed by atoms with van der Waals surface area (Å²) in [6.45, 7) is 5.32. The third-order valence-electron chi connectivity index (χ3n) is 4.08. The number of carbonyl (C=O) groups excluding carboxylic acids is 2. The Kier molecular flexibility index (Phi) is 6.91. The zero-order chi connectivity index (χ0) is 20.7. The van der Waals surface area contributed by atoms with Crippen molar-refractivity contribution >= 4 is 34.6 Å². The second-order valence-electron chi connectivity index (χ2n) is 5.87. The van der Waals surface area contributed by atoms with Crippen molar-refractivity contribution in [3.05, 3.63) is 58.1 Å². The molecule has 0 radical (unpaired) electrons. The van der Waals surface area contributed by atoms with Crippen LogP contribution in [0.3, 0.4) is 0 Å². The Bertz CT molecular complexity index is 863. The number of hydrogen-bond donors (Lipinski definition) is 2. The average Bonchev–Trinajstić information content (AvgIpc) is 2.68. The molecule has 0 aromatic heterocycles. The number of non-ortho nitro benzene ring substituents is 1. The number of benzene rings is 2. The highest BCUT2D eigenvalue weighted by atomic mass is 16.6. The number of nitrogen functional groups attached to an aromatic ring is 1. The molecule has 9 nitrogen and oxygen atoms in total. The highest BCUT2D eigenvalue weighted by Crippen LogP contribution is 2.21. The minimum atomic E-state index is -0.909. The van der Waals surface area contributed by atoms with Crippen LogP contribution in [0.2, 0.25) is 0 Å². The molecule has 0 aliphatic rings. The van der Waals surface area contributed by atoms with E-state index in [2.05, 4.69) is 24.1 Å². The fourth-order valence-corrected chi connectivity index (χ4v) is 2.58. The number of amides is 1. The standard InChI is InChI=1S/C19H22N4O5/c1-3-22(4-2)14-7-5-13(6-8-14)21-18(24)12-28-19(25)16-11-15(23(26)27)9-10-17(16)20/h5-11H,3-4,12,20H2,1-2H3,(H,21,24). The molecule has 0 saturated carbocycles. The Balaban J connectivity index is 1.94. The third kappa shape index (κ3) is 5.19. The van der Waals surface area contributed by atoms with Gasteiger partial charge in [-0.3, -0.25) is 14.9 Å². The Hall–Kier alpha value is -3.62. The predicted molar refractivity (Wildman–Crippen MR) is 106 cm³/mol. The molecule has 0 aliphatic carbocycles. The largest absolute Gasteiger partial charge is 0.452 e. The minimum absolute atomic E-state index is 0.0306. The third-order valence-corrected chi connectivity index (χ3v) is 4.08. The first-order valence-corrected chi connectivity index (χ1v) is 8.71. The molecule has 28 heavy (non-hydrogen) atoms. The number of nitro groups is 1. The van der Waals surface area contributed by atoms with Gasteiger partial charge in [-0.15, -0.1) is 0 Å². The highest BCUT2D eigenvalue weighted by molar-refractivity contribution is 5.98. The summed E-state index contributed by atoms with van der Waals surface area (Å²) in [7, 11) is 0. The van der Waals surface area contributed by atoms with Gasteiger partial charge in [0.05, 0.1) is 10.5 Å². The number of nitrogens with one attached hydrogen (secondary N) is 1. The number of esters is 1. The Labute approximate surface area is 162 Å². The second kappa shape index (κ2) is 9.36. The molecule has 0 saturated heterocycles. The molecule has 0 unspecified atom stereocenters.